The molecule has 0 spiro atoms. The fraction of sp³-hybridized carbons (Fsp3) is 0.474. The van der Waals surface area contributed by atoms with Crippen LogP contribution in [0.4, 0.5) is 18.9 Å². The van der Waals surface area contributed by atoms with Gasteiger partial charge >= 0.3 is 0 Å². The van der Waals surface area contributed by atoms with Crippen molar-refractivity contribution in [3.8, 4) is 0 Å². The number of carbonyl (C=O) groups is 2. The topological polar surface area (TPSA) is 103 Å². The zero-order valence-corrected chi connectivity index (χ0v) is 15.9. The lowest BCUT2D eigenvalue weighted by Gasteiger charge is -2.65. The van der Waals surface area contributed by atoms with Crippen LogP contribution in [0, 0.1) is 12.3 Å². The number of aromatic nitrogens is 3. The first-order valence-electron chi connectivity index (χ1n) is 9.13. The second-order valence-corrected chi connectivity index (χ2v) is 8.30. The van der Waals surface area contributed by atoms with Gasteiger partial charge < -0.3 is 11.1 Å². The molecule has 2 amide bonds. The molecule has 2 bridgehead atoms. The molecule has 2 aromatic heterocycles. The van der Waals surface area contributed by atoms with Crippen LogP contribution >= 0.6 is 0 Å². The number of halogens is 3. The van der Waals surface area contributed by atoms with Crippen molar-refractivity contribution in [2.45, 2.75) is 51.2 Å². The minimum Gasteiger partial charge on any atom is -0.364 e. The highest BCUT2D eigenvalue weighted by Gasteiger charge is 2.69. The van der Waals surface area contributed by atoms with Crippen molar-refractivity contribution in [1.29, 1.82) is 0 Å². The van der Waals surface area contributed by atoms with Crippen LogP contribution in [0.25, 0.3) is 0 Å². The third-order valence-corrected chi connectivity index (χ3v) is 5.65. The van der Waals surface area contributed by atoms with Gasteiger partial charge in [-0.15, -0.1) is 0 Å². The molecule has 3 fully saturated rings. The van der Waals surface area contributed by atoms with Crippen molar-refractivity contribution in [1.82, 2.24) is 14.8 Å². The Balaban J connectivity index is 1.66. The van der Waals surface area contributed by atoms with E-state index in [4.69, 9.17) is 5.73 Å². The summed E-state index contributed by atoms with van der Waals surface area (Å²) >= 11 is 0. The molecule has 154 valence electrons. The number of hydrogen-bond donors (Lipinski definition) is 2. The van der Waals surface area contributed by atoms with Gasteiger partial charge in [-0.25, -0.2) is 4.39 Å². The summed E-state index contributed by atoms with van der Waals surface area (Å²) in [4.78, 5) is 28.0. The molecule has 0 saturated heterocycles. The number of nitrogens with zero attached hydrogens (tertiary/aromatic N) is 3. The average Bonchev–Trinajstić information content (AvgIpc) is 2.89. The Kier molecular flexibility index (Phi) is 4.04. The number of rotatable bonds is 6. The van der Waals surface area contributed by atoms with Crippen LogP contribution < -0.4 is 11.1 Å². The number of carbonyl (C=O) groups excluding carboxylic acids is 2. The molecule has 29 heavy (non-hydrogen) atoms. The van der Waals surface area contributed by atoms with Crippen LogP contribution in [0.15, 0.2) is 18.3 Å². The van der Waals surface area contributed by atoms with E-state index in [1.807, 2.05) is 0 Å². The first-order valence-corrected chi connectivity index (χ1v) is 9.13. The maximum atomic E-state index is 14.0. The summed E-state index contributed by atoms with van der Waals surface area (Å²) in [6.45, 7) is 2.32. The number of anilines is 1. The fourth-order valence-electron chi connectivity index (χ4n) is 4.55. The SMILES string of the molecule is Cc1c(C(C)(F)F)nn(CC23CC(F)(C2)C3)c1C(=O)Nc1ccnc(C(N)=O)c1. The maximum Gasteiger partial charge on any atom is 0.289 e. The lowest BCUT2D eigenvalue weighted by atomic mass is 9.42. The Morgan fingerprint density at radius 3 is 2.55 bits per heavy atom. The van der Waals surface area contributed by atoms with Gasteiger partial charge in [0, 0.05) is 30.9 Å². The first kappa shape index (κ1) is 19.4. The van der Waals surface area contributed by atoms with Gasteiger partial charge in [0.05, 0.1) is 0 Å². The Hall–Kier alpha value is -2.91. The number of hydrogen-bond acceptors (Lipinski definition) is 4. The molecule has 0 aliphatic heterocycles. The lowest BCUT2D eigenvalue weighted by molar-refractivity contribution is -0.221. The van der Waals surface area contributed by atoms with Crippen LogP contribution in [0.3, 0.4) is 0 Å². The Labute approximate surface area is 164 Å². The van der Waals surface area contributed by atoms with Gasteiger partial charge in [-0.3, -0.25) is 19.3 Å². The van der Waals surface area contributed by atoms with E-state index in [0.717, 1.165) is 0 Å². The molecule has 3 saturated carbocycles. The molecule has 3 aliphatic rings. The molecule has 2 heterocycles. The van der Waals surface area contributed by atoms with Crippen molar-refractivity contribution in [2.24, 2.45) is 11.1 Å². The Morgan fingerprint density at radius 2 is 2.00 bits per heavy atom. The predicted octanol–water partition coefficient (Wildman–Crippen LogP) is 2.94. The predicted molar refractivity (Wildman–Crippen MR) is 97.4 cm³/mol. The van der Waals surface area contributed by atoms with E-state index in [0.29, 0.717) is 26.2 Å². The smallest absolute Gasteiger partial charge is 0.289 e. The highest BCUT2D eigenvalue weighted by atomic mass is 19.3. The maximum absolute atomic E-state index is 14.0. The number of primary amides is 1. The molecule has 0 radical (unpaired) electrons. The number of alkyl halides is 3. The molecule has 7 nitrogen and oxygen atoms in total. The zero-order chi connectivity index (χ0) is 21.2. The highest BCUT2D eigenvalue weighted by Crippen LogP contribution is 2.70. The molecule has 2 aromatic rings. The lowest BCUT2D eigenvalue weighted by Crippen LogP contribution is -2.65. The van der Waals surface area contributed by atoms with Crippen molar-refractivity contribution in [2.75, 3.05) is 5.32 Å². The summed E-state index contributed by atoms with van der Waals surface area (Å²) in [7, 11) is 0. The van der Waals surface area contributed by atoms with E-state index in [9.17, 15) is 22.8 Å². The Bertz CT molecular complexity index is 1010. The van der Waals surface area contributed by atoms with Gasteiger partial charge in [-0.2, -0.15) is 13.9 Å². The fourth-order valence-corrected chi connectivity index (χ4v) is 4.55. The number of amides is 2. The van der Waals surface area contributed by atoms with E-state index in [2.05, 4.69) is 15.4 Å². The second-order valence-electron chi connectivity index (χ2n) is 8.30. The molecule has 0 unspecified atom stereocenters. The summed E-state index contributed by atoms with van der Waals surface area (Å²) < 4.78 is 43.2. The zero-order valence-electron chi connectivity index (χ0n) is 15.9. The van der Waals surface area contributed by atoms with Gasteiger partial charge in [0.15, 0.2) is 0 Å². The van der Waals surface area contributed by atoms with Crippen molar-refractivity contribution >= 4 is 17.5 Å². The van der Waals surface area contributed by atoms with Gasteiger partial charge in [-0.05, 0) is 43.7 Å². The normalized spacial score (nSPS) is 25.1. The summed E-state index contributed by atoms with van der Waals surface area (Å²) in [5.74, 6) is -4.66. The Morgan fingerprint density at radius 1 is 1.34 bits per heavy atom. The van der Waals surface area contributed by atoms with Crippen LogP contribution in [0.2, 0.25) is 0 Å². The van der Waals surface area contributed by atoms with E-state index in [-0.39, 0.29) is 34.6 Å². The molecular weight excluding hydrogens is 387 g/mol. The number of nitrogens with two attached hydrogens (primary N) is 1. The van der Waals surface area contributed by atoms with Gasteiger partial charge in [0.2, 0.25) is 0 Å². The van der Waals surface area contributed by atoms with Crippen molar-refractivity contribution < 1.29 is 22.8 Å². The van der Waals surface area contributed by atoms with Gasteiger partial charge in [-0.1, -0.05) is 0 Å². The monoisotopic (exact) mass is 407 g/mol. The van der Waals surface area contributed by atoms with E-state index in [1.54, 1.807) is 0 Å². The van der Waals surface area contributed by atoms with E-state index in [1.165, 1.54) is 29.9 Å². The van der Waals surface area contributed by atoms with Crippen LogP contribution in [0.5, 0.6) is 0 Å². The number of pyridine rings is 1. The summed E-state index contributed by atoms with van der Waals surface area (Å²) in [6, 6.07) is 2.74. The minimum absolute atomic E-state index is 0.0170. The van der Waals surface area contributed by atoms with Gasteiger partial charge in [0.25, 0.3) is 17.7 Å². The van der Waals surface area contributed by atoms with Crippen molar-refractivity contribution in [3.63, 3.8) is 0 Å². The summed E-state index contributed by atoms with van der Waals surface area (Å²) in [5, 5.41) is 6.58. The standard InChI is InChI=1S/C19H20F3N5O2/c1-10-13(16(29)25-11-3-4-24-12(5-11)15(23)28)27(26-14(10)17(2,20)21)9-18-6-19(22,7-18)8-18/h3-5H,6-9H2,1-2H3,(H2,23,28)(H,24,25,29). The quantitative estimate of drug-likeness (QED) is 0.768. The third-order valence-electron chi connectivity index (χ3n) is 5.65. The van der Waals surface area contributed by atoms with Crippen LogP contribution in [0.1, 0.15) is 58.4 Å². The highest BCUT2D eigenvalue weighted by molar-refractivity contribution is 6.04. The van der Waals surface area contributed by atoms with Crippen LogP contribution in [-0.4, -0.2) is 32.2 Å². The third kappa shape index (κ3) is 3.26. The van der Waals surface area contributed by atoms with Gasteiger partial charge in [0.1, 0.15) is 22.8 Å². The first-order chi connectivity index (χ1) is 13.4. The largest absolute Gasteiger partial charge is 0.364 e. The number of nitrogens with one attached hydrogen (secondary N) is 1. The second kappa shape index (κ2) is 6.04. The van der Waals surface area contributed by atoms with E-state index < -0.39 is 29.1 Å². The molecule has 5 rings (SSSR count). The molecule has 10 heteroatoms. The summed E-state index contributed by atoms with van der Waals surface area (Å²) in [5.41, 5.74) is 3.45. The molecular formula is C19H20F3N5O2. The van der Waals surface area contributed by atoms with Crippen molar-refractivity contribution in [3.05, 3.63) is 41.0 Å². The average molecular weight is 407 g/mol. The molecule has 0 aromatic carbocycles. The summed E-state index contributed by atoms with van der Waals surface area (Å²) in [6.07, 6.45) is 2.35. The van der Waals surface area contributed by atoms with Crippen LogP contribution in [-0.2, 0) is 12.5 Å². The molecule has 3 N–H and O–H groups in total. The minimum atomic E-state index is -3.24. The molecule has 3 aliphatic carbocycles. The van der Waals surface area contributed by atoms with E-state index >= 15 is 0 Å². The molecule has 0 atom stereocenters.